The predicted octanol–water partition coefficient (Wildman–Crippen LogP) is 5.12. The Bertz CT molecular complexity index is 653. The van der Waals surface area contributed by atoms with Crippen LogP contribution in [0.15, 0.2) is 36.4 Å². The SMILES string of the molecule is CCc1cccc(C)c1NC(=O)c1cccc(Cl)c1Cl. The van der Waals surface area contributed by atoms with Gasteiger partial charge in [-0.05, 0) is 36.6 Å². The molecule has 2 aromatic rings. The molecule has 20 heavy (non-hydrogen) atoms. The first kappa shape index (κ1) is 14.9. The first-order chi connectivity index (χ1) is 9.54. The Hall–Kier alpha value is -1.51. The number of para-hydroxylation sites is 1. The van der Waals surface area contributed by atoms with Crippen LogP contribution in [0.25, 0.3) is 0 Å². The number of hydrogen-bond donors (Lipinski definition) is 1. The van der Waals surface area contributed by atoms with Crippen LogP contribution in [-0.4, -0.2) is 5.91 Å². The number of halogens is 2. The molecule has 1 N–H and O–H groups in total. The molecule has 0 aliphatic rings. The normalized spacial score (nSPS) is 10.4. The van der Waals surface area contributed by atoms with Crippen molar-refractivity contribution >= 4 is 34.8 Å². The van der Waals surface area contributed by atoms with Crippen LogP contribution in [0.5, 0.6) is 0 Å². The van der Waals surface area contributed by atoms with E-state index in [9.17, 15) is 4.79 Å². The lowest BCUT2D eigenvalue weighted by Gasteiger charge is -2.13. The number of hydrogen-bond acceptors (Lipinski definition) is 1. The Balaban J connectivity index is 2.35. The van der Waals surface area contributed by atoms with Crippen LogP contribution in [0.3, 0.4) is 0 Å². The van der Waals surface area contributed by atoms with E-state index in [0.717, 1.165) is 23.2 Å². The van der Waals surface area contributed by atoms with Crippen LogP contribution in [0.4, 0.5) is 5.69 Å². The van der Waals surface area contributed by atoms with E-state index in [0.29, 0.717) is 10.6 Å². The summed E-state index contributed by atoms with van der Waals surface area (Å²) in [6.07, 6.45) is 0.848. The molecule has 2 aromatic carbocycles. The molecule has 0 bridgehead atoms. The van der Waals surface area contributed by atoms with Crippen molar-refractivity contribution in [1.82, 2.24) is 0 Å². The number of benzene rings is 2. The van der Waals surface area contributed by atoms with Gasteiger partial charge in [-0.15, -0.1) is 0 Å². The van der Waals surface area contributed by atoms with Gasteiger partial charge in [0.05, 0.1) is 15.6 Å². The maximum absolute atomic E-state index is 12.4. The molecular formula is C16H15Cl2NO. The number of anilines is 1. The molecule has 4 heteroatoms. The molecule has 104 valence electrons. The summed E-state index contributed by atoms with van der Waals surface area (Å²) in [5, 5.41) is 3.58. The highest BCUT2D eigenvalue weighted by molar-refractivity contribution is 6.44. The Kier molecular flexibility index (Phi) is 4.69. The molecule has 0 heterocycles. The van der Waals surface area contributed by atoms with Gasteiger partial charge in [-0.1, -0.05) is 54.4 Å². The highest BCUT2D eigenvalue weighted by atomic mass is 35.5. The fourth-order valence-electron chi connectivity index (χ4n) is 2.06. The van der Waals surface area contributed by atoms with Gasteiger partial charge in [0.15, 0.2) is 0 Å². The zero-order valence-corrected chi connectivity index (χ0v) is 12.8. The van der Waals surface area contributed by atoms with Crippen LogP contribution < -0.4 is 5.32 Å². The van der Waals surface area contributed by atoms with Gasteiger partial charge < -0.3 is 5.32 Å². The van der Waals surface area contributed by atoms with E-state index in [1.54, 1.807) is 18.2 Å². The molecule has 0 fully saturated rings. The number of rotatable bonds is 3. The van der Waals surface area contributed by atoms with Crippen LogP contribution in [0, 0.1) is 6.92 Å². The first-order valence-electron chi connectivity index (χ1n) is 6.38. The summed E-state index contributed by atoms with van der Waals surface area (Å²) in [5.41, 5.74) is 3.34. The summed E-state index contributed by atoms with van der Waals surface area (Å²) < 4.78 is 0. The Morgan fingerprint density at radius 2 is 1.85 bits per heavy atom. The molecule has 0 saturated carbocycles. The highest BCUT2D eigenvalue weighted by Crippen LogP contribution is 2.27. The van der Waals surface area contributed by atoms with Crippen molar-refractivity contribution in [1.29, 1.82) is 0 Å². The number of carbonyl (C=O) groups is 1. The second-order valence-corrected chi connectivity index (χ2v) is 5.30. The largest absolute Gasteiger partial charge is 0.321 e. The molecule has 0 aliphatic carbocycles. The average Bonchev–Trinajstić information content (AvgIpc) is 2.44. The van der Waals surface area contributed by atoms with E-state index in [1.807, 2.05) is 25.1 Å². The fourth-order valence-corrected chi connectivity index (χ4v) is 2.45. The molecule has 0 spiro atoms. The second kappa shape index (κ2) is 6.29. The molecule has 0 radical (unpaired) electrons. The zero-order chi connectivity index (χ0) is 14.7. The topological polar surface area (TPSA) is 29.1 Å². The van der Waals surface area contributed by atoms with Crippen molar-refractivity contribution < 1.29 is 4.79 Å². The van der Waals surface area contributed by atoms with Gasteiger partial charge in [0.1, 0.15) is 0 Å². The molecule has 2 rings (SSSR count). The van der Waals surface area contributed by atoms with Crippen LogP contribution in [0.1, 0.15) is 28.4 Å². The molecule has 2 nitrogen and oxygen atoms in total. The summed E-state index contributed by atoms with van der Waals surface area (Å²) in [7, 11) is 0. The monoisotopic (exact) mass is 307 g/mol. The number of carbonyl (C=O) groups excluding carboxylic acids is 1. The summed E-state index contributed by atoms with van der Waals surface area (Å²) in [4.78, 5) is 12.4. The van der Waals surface area contributed by atoms with E-state index in [2.05, 4.69) is 12.2 Å². The molecular weight excluding hydrogens is 293 g/mol. The summed E-state index contributed by atoms with van der Waals surface area (Å²) in [6, 6.07) is 11.0. The lowest BCUT2D eigenvalue weighted by Crippen LogP contribution is -2.14. The number of aryl methyl sites for hydroxylation is 2. The first-order valence-corrected chi connectivity index (χ1v) is 7.14. The minimum atomic E-state index is -0.249. The quantitative estimate of drug-likeness (QED) is 0.838. The van der Waals surface area contributed by atoms with Crippen molar-refractivity contribution in [3.05, 3.63) is 63.1 Å². The Morgan fingerprint density at radius 3 is 2.55 bits per heavy atom. The molecule has 1 amide bonds. The highest BCUT2D eigenvalue weighted by Gasteiger charge is 2.14. The maximum atomic E-state index is 12.4. The summed E-state index contributed by atoms with van der Waals surface area (Å²) in [6.45, 7) is 4.02. The predicted molar refractivity (Wildman–Crippen MR) is 85.0 cm³/mol. The molecule has 0 aliphatic heterocycles. The number of nitrogens with one attached hydrogen (secondary N) is 1. The average molecular weight is 308 g/mol. The van der Waals surface area contributed by atoms with Crippen molar-refractivity contribution in [2.75, 3.05) is 5.32 Å². The van der Waals surface area contributed by atoms with E-state index in [1.165, 1.54) is 0 Å². The van der Waals surface area contributed by atoms with Gasteiger partial charge in [0, 0.05) is 5.69 Å². The van der Waals surface area contributed by atoms with Crippen LogP contribution >= 0.6 is 23.2 Å². The Morgan fingerprint density at radius 1 is 1.15 bits per heavy atom. The van der Waals surface area contributed by atoms with Gasteiger partial charge >= 0.3 is 0 Å². The maximum Gasteiger partial charge on any atom is 0.257 e. The van der Waals surface area contributed by atoms with Gasteiger partial charge in [0.25, 0.3) is 5.91 Å². The van der Waals surface area contributed by atoms with Crippen molar-refractivity contribution in [2.45, 2.75) is 20.3 Å². The third-order valence-corrected chi connectivity index (χ3v) is 3.99. The minimum absolute atomic E-state index is 0.249. The van der Waals surface area contributed by atoms with Gasteiger partial charge in [-0.2, -0.15) is 0 Å². The van der Waals surface area contributed by atoms with Gasteiger partial charge in [-0.3, -0.25) is 4.79 Å². The lowest BCUT2D eigenvalue weighted by atomic mass is 10.1. The van der Waals surface area contributed by atoms with Crippen molar-refractivity contribution in [2.24, 2.45) is 0 Å². The summed E-state index contributed by atoms with van der Waals surface area (Å²) >= 11 is 12.0. The number of amides is 1. The third kappa shape index (κ3) is 2.97. The third-order valence-electron chi connectivity index (χ3n) is 3.17. The molecule has 0 atom stereocenters. The second-order valence-electron chi connectivity index (χ2n) is 4.52. The standard InChI is InChI=1S/C16H15Cl2NO/c1-3-11-7-4-6-10(2)15(11)19-16(20)12-8-5-9-13(17)14(12)18/h4-9H,3H2,1-2H3,(H,19,20). The smallest absolute Gasteiger partial charge is 0.257 e. The van der Waals surface area contributed by atoms with E-state index in [4.69, 9.17) is 23.2 Å². The van der Waals surface area contributed by atoms with Gasteiger partial charge in [-0.25, -0.2) is 0 Å². The minimum Gasteiger partial charge on any atom is -0.321 e. The fraction of sp³-hybridized carbons (Fsp3) is 0.188. The van der Waals surface area contributed by atoms with Crippen LogP contribution in [0.2, 0.25) is 10.0 Å². The molecule has 0 unspecified atom stereocenters. The van der Waals surface area contributed by atoms with Crippen LogP contribution in [-0.2, 0) is 6.42 Å². The molecule has 0 aromatic heterocycles. The Labute approximate surface area is 128 Å². The van der Waals surface area contributed by atoms with Crippen molar-refractivity contribution in [3.63, 3.8) is 0 Å². The zero-order valence-electron chi connectivity index (χ0n) is 11.3. The molecule has 0 saturated heterocycles. The summed E-state index contributed by atoms with van der Waals surface area (Å²) in [5.74, 6) is -0.249. The van der Waals surface area contributed by atoms with E-state index < -0.39 is 0 Å². The van der Waals surface area contributed by atoms with E-state index >= 15 is 0 Å². The van der Waals surface area contributed by atoms with Gasteiger partial charge in [0.2, 0.25) is 0 Å². The van der Waals surface area contributed by atoms with Crippen molar-refractivity contribution in [3.8, 4) is 0 Å². The van der Waals surface area contributed by atoms with E-state index in [-0.39, 0.29) is 10.9 Å². The lowest BCUT2D eigenvalue weighted by molar-refractivity contribution is 0.102.